The zero-order valence-electron chi connectivity index (χ0n) is 12.7. The molecule has 1 nitrogen and oxygen atoms in total. The van der Waals surface area contributed by atoms with Crippen LogP contribution < -0.4 is 4.74 Å². The van der Waals surface area contributed by atoms with Crippen molar-refractivity contribution in [2.24, 2.45) is 0 Å². The highest BCUT2D eigenvalue weighted by Gasteiger charge is 2.21. The lowest BCUT2D eigenvalue weighted by molar-refractivity contribution is 0.415. The average Bonchev–Trinajstić information content (AvgIpc) is 2.45. The van der Waals surface area contributed by atoms with E-state index < -0.39 is 8.07 Å². The van der Waals surface area contributed by atoms with Crippen molar-refractivity contribution in [1.82, 2.24) is 0 Å². The second-order valence-electron chi connectivity index (χ2n) is 5.95. The van der Waals surface area contributed by atoms with E-state index in [0.717, 1.165) is 5.75 Å². The van der Waals surface area contributed by atoms with Crippen LogP contribution in [0, 0.1) is 0 Å². The van der Waals surface area contributed by atoms with Gasteiger partial charge in [0.05, 0.1) is 15.2 Å². The Hall–Kier alpha value is -1.80. The predicted octanol–water partition coefficient (Wildman–Crippen LogP) is 5.11. The molecule has 0 aliphatic heterocycles. The zero-order chi connectivity index (χ0) is 14.6. The summed E-state index contributed by atoms with van der Waals surface area (Å²) in [4.78, 5) is 0. The van der Waals surface area contributed by atoms with Crippen molar-refractivity contribution in [3.8, 4) is 5.75 Å². The minimum atomic E-state index is -1.42. The predicted molar refractivity (Wildman–Crippen MR) is 90.7 cm³/mol. The van der Waals surface area contributed by atoms with Crippen LogP contribution in [-0.4, -0.2) is 15.2 Å². The minimum Gasteiger partial charge on any atom is -0.497 e. The Labute approximate surface area is 122 Å². The van der Waals surface area contributed by atoms with Crippen molar-refractivity contribution in [3.63, 3.8) is 0 Å². The first-order valence-corrected chi connectivity index (χ1v) is 10.4. The summed E-state index contributed by atoms with van der Waals surface area (Å²) in [7, 11) is 0.285. The van der Waals surface area contributed by atoms with Crippen LogP contribution in [-0.2, 0) is 0 Å². The number of ether oxygens (including phenoxy) is 1. The van der Waals surface area contributed by atoms with E-state index >= 15 is 0 Å². The molecular formula is C18H22OSi. The fourth-order valence-electron chi connectivity index (χ4n) is 2.22. The molecule has 20 heavy (non-hydrogen) atoms. The summed E-state index contributed by atoms with van der Waals surface area (Å²) < 4.78 is 5.24. The fourth-order valence-corrected chi connectivity index (χ4v) is 3.85. The van der Waals surface area contributed by atoms with Crippen molar-refractivity contribution in [3.05, 3.63) is 65.7 Å². The third kappa shape index (κ3) is 3.61. The van der Waals surface area contributed by atoms with E-state index in [-0.39, 0.29) is 0 Å². The largest absolute Gasteiger partial charge is 0.497 e. The second kappa shape index (κ2) is 6.10. The first kappa shape index (κ1) is 14.6. The highest BCUT2D eigenvalue weighted by Crippen LogP contribution is 2.29. The average molecular weight is 282 g/mol. The highest BCUT2D eigenvalue weighted by molar-refractivity contribution is 6.94. The summed E-state index contributed by atoms with van der Waals surface area (Å²) in [6.07, 6.45) is 2.33. The van der Waals surface area contributed by atoms with Crippen LogP contribution in [0.5, 0.6) is 5.75 Å². The van der Waals surface area contributed by atoms with Crippen molar-refractivity contribution in [1.29, 1.82) is 0 Å². The molecule has 2 heteroatoms. The van der Waals surface area contributed by atoms with Gasteiger partial charge < -0.3 is 4.74 Å². The van der Waals surface area contributed by atoms with Crippen molar-refractivity contribution < 1.29 is 4.74 Å². The minimum absolute atomic E-state index is 0.906. The van der Waals surface area contributed by atoms with Crippen LogP contribution in [0.4, 0.5) is 0 Å². The standard InChI is InChI=1S/C18H22OSi/c1-19-17-12-10-16(11-13-17)18(20(2,3)4)14-15-8-6-5-7-9-15/h5-14H,1-4H3/b18-14-. The molecule has 0 saturated heterocycles. The Bertz CT molecular complexity index is 577. The van der Waals surface area contributed by atoms with Gasteiger partial charge in [-0.1, -0.05) is 73.4 Å². The Morgan fingerprint density at radius 2 is 1.50 bits per heavy atom. The van der Waals surface area contributed by atoms with E-state index in [1.54, 1.807) is 7.11 Å². The topological polar surface area (TPSA) is 9.23 Å². The van der Waals surface area contributed by atoms with Crippen molar-refractivity contribution in [2.75, 3.05) is 7.11 Å². The van der Waals surface area contributed by atoms with E-state index in [9.17, 15) is 0 Å². The summed E-state index contributed by atoms with van der Waals surface area (Å²) in [6.45, 7) is 7.14. The molecule has 0 amide bonds. The van der Waals surface area contributed by atoms with E-state index in [4.69, 9.17) is 4.74 Å². The maximum atomic E-state index is 5.24. The normalized spacial score (nSPS) is 12.3. The van der Waals surface area contributed by atoms with E-state index in [1.807, 2.05) is 12.1 Å². The van der Waals surface area contributed by atoms with Gasteiger partial charge in [-0.25, -0.2) is 0 Å². The van der Waals surface area contributed by atoms with Crippen LogP contribution in [0.15, 0.2) is 54.6 Å². The molecule has 0 unspecified atom stereocenters. The maximum absolute atomic E-state index is 5.24. The van der Waals surface area contributed by atoms with Gasteiger partial charge >= 0.3 is 0 Å². The maximum Gasteiger partial charge on any atom is 0.118 e. The smallest absolute Gasteiger partial charge is 0.118 e. The monoisotopic (exact) mass is 282 g/mol. The molecule has 104 valence electrons. The SMILES string of the molecule is COc1ccc(/C(=C/c2ccccc2)[Si](C)(C)C)cc1. The second-order valence-corrected chi connectivity index (χ2v) is 11.0. The summed E-state index contributed by atoms with van der Waals surface area (Å²) in [6, 6.07) is 18.9. The van der Waals surface area contributed by atoms with Crippen molar-refractivity contribution in [2.45, 2.75) is 19.6 Å². The molecule has 0 aromatic heterocycles. The molecule has 0 aliphatic rings. The van der Waals surface area contributed by atoms with Crippen LogP contribution >= 0.6 is 0 Å². The lowest BCUT2D eigenvalue weighted by Crippen LogP contribution is -2.22. The number of hydrogen-bond acceptors (Lipinski definition) is 1. The van der Waals surface area contributed by atoms with Crippen molar-refractivity contribution >= 4 is 19.3 Å². The summed E-state index contributed by atoms with van der Waals surface area (Å²) in [5, 5.41) is 1.46. The number of methoxy groups -OCH3 is 1. The molecule has 0 bridgehead atoms. The third-order valence-electron chi connectivity index (χ3n) is 3.32. The van der Waals surface area contributed by atoms with Crippen LogP contribution in [0.2, 0.25) is 19.6 Å². The lowest BCUT2D eigenvalue weighted by Gasteiger charge is -2.22. The van der Waals surface area contributed by atoms with Crippen LogP contribution in [0.1, 0.15) is 11.1 Å². The molecule has 0 fully saturated rings. The van der Waals surface area contributed by atoms with Gasteiger partial charge in [0.25, 0.3) is 0 Å². The summed E-state index contributed by atoms with van der Waals surface area (Å²) >= 11 is 0. The molecule has 2 aromatic rings. The van der Waals surface area contributed by atoms with E-state index in [2.05, 4.69) is 68.2 Å². The Balaban J connectivity index is 2.45. The molecule has 0 spiro atoms. The third-order valence-corrected chi connectivity index (χ3v) is 5.37. The highest BCUT2D eigenvalue weighted by atomic mass is 28.3. The Morgan fingerprint density at radius 3 is 2.00 bits per heavy atom. The summed E-state index contributed by atoms with van der Waals surface area (Å²) in [5.41, 5.74) is 2.56. The van der Waals surface area contributed by atoms with Gasteiger partial charge in [-0.2, -0.15) is 0 Å². The Kier molecular flexibility index (Phi) is 4.45. The van der Waals surface area contributed by atoms with E-state index in [1.165, 1.54) is 16.3 Å². The lowest BCUT2D eigenvalue weighted by atomic mass is 10.1. The molecule has 0 atom stereocenters. The fraction of sp³-hybridized carbons (Fsp3) is 0.222. The van der Waals surface area contributed by atoms with Crippen LogP contribution in [0.3, 0.4) is 0 Å². The van der Waals surface area contributed by atoms with Gasteiger partial charge in [0.2, 0.25) is 0 Å². The number of rotatable bonds is 4. The first-order chi connectivity index (χ1) is 9.50. The molecule has 2 rings (SSSR count). The molecule has 0 saturated carbocycles. The van der Waals surface area contributed by atoms with E-state index in [0.29, 0.717) is 0 Å². The summed E-state index contributed by atoms with van der Waals surface area (Å²) in [5.74, 6) is 0.906. The van der Waals surface area contributed by atoms with Crippen LogP contribution in [0.25, 0.3) is 11.3 Å². The molecule has 0 heterocycles. The molecule has 0 N–H and O–H groups in total. The molecule has 2 aromatic carbocycles. The first-order valence-electron chi connectivity index (χ1n) is 6.92. The Morgan fingerprint density at radius 1 is 0.900 bits per heavy atom. The molecule has 0 aliphatic carbocycles. The van der Waals surface area contributed by atoms with Gasteiger partial charge in [-0.05, 0) is 23.3 Å². The van der Waals surface area contributed by atoms with Gasteiger partial charge in [-0.15, -0.1) is 0 Å². The molecule has 0 radical (unpaired) electrons. The quantitative estimate of drug-likeness (QED) is 0.559. The number of benzene rings is 2. The number of hydrogen-bond donors (Lipinski definition) is 0. The van der Waals surface area contributed by atoms with Gasteiger partial charge in [0.15, 0.2) is 0 Å². The zero-order valence-corrected chi connectivity index (χ0v) is 13.7. The van der Waals surface area contributed by atoms with Gasteiger partial charge in [0.1, 0.15) is 5.75 Å². The molecular weight excluding hydrogens is 260 g/mol. The van der Waals surface area contributed by atoms with Gasteiger partial charge in [-0.3, -0.25) is 0 Å². The van der Waals surface area contributed by atoms with Gasteiger partial charge in [0, 0.05) is 0 Å².